The molecule has 158 valence electrons. The Morgan fingerprint density at radius 2 is 1.81 bits per heavy atom. The van der Waals surface area contributed by atoms with Gasteiger partial charge in [-0.3, -0.25) is 4.79 Å². The average molecular weight is 441 g/mol. The summed E-state index contributed by atoms with van der Waals surface area (Å²) in [5.41, 5.74) is 2.54. The van der Waals surface area contributed by atoms with E-state index in [1.165, 1.54) is 30.3 Å². The number of carbonyl (C=O) groups excluding carboxylic acids is 1. The molecule has 1 aliphatic rings. The van der Waals surface area contributed by atoms with Crippen LogP contribution in [-0.2, 0) is 11.4 Å². The van der Waals surface area contributed by atoms with Crippen LogP contribution in [0.3, 0.4) is 0 Å². The fourth-order valence-electron chi connectivity index (χ4n) is 3.46. The highest BCUT2D eigenvalue weighted by atomic mass is 35.5. The maximum atomic E-state index is 13.7. The second-order valence-corrected chi connectivity index (χ2v) is 7.74. The molecule has 0 spiro atoms. The smallest absolute Gasteiger partial charge is 0.254 e. The molecule has 1 amide bonds. The summed E-state index contributed by atoms with van der Waals surface area (Å²) < 4.78 is 26.9. The van der Waals surface area contributed by atoms with Crippen LogP contribution in [0.25, 0.3) is 0 Å². The fourth-order valence-corrected chi connectivity index (χ4v) is 3.68. The van der Waals surface area contributed by atoms with Crippen molar-refractivity contribution in [3.63, 3.8) is 0 Å². The Bertz CT molecular complexity index is 1120. The number of halogens is 3. The Kier molecular flexibility index (Phi) is 6.28. The van der Waals surface area contributed by atoms with Gasteiger partial charge in [-0.2, -0.15) is 0 Å². The summed E-state index contributed by atoms with van der Waals surface area (Å²) >= 11 is 6.09. The largest absolute Gasteiger partial charge is 0.390 e. The zero-order valence-corrected chi connectivity index (χ0v) is 17.2. The van der Waals surface area contributed by atoms with Gasteiger partial charge in [0.1, 0.15) is 11.6 Å². The first-order valence-corrected chi connectivity index (χ1v) is 10.1. The number of hydrogen-bond acceptors (Lipinski definition) is 3. The molecule has 0 aliphatic carbocycles. The Morgan fingerprint density at radius 3 is 2.55 bits per heavy atom. The average Bonchev–Trinajstić information content (AvgIpc) is 3.22. The van der Waals surface area contributed by atoms with Gasteiger partial charge in [-0.05, 0) is 53.6 Å². The Morgan fingerprint density at radius 1 is 1.03 bits per heavy atom. The number of benzene rings is 3. The minimum atomic E-state index is -0.479. The summed E-state index contributed by atoms with van der Waals surface area (Å²) in [6.07, 6.45) is 0.0884. The Balaban J connectivity index is 1.52. The normalized spacial score (nSPS) is 15.3. The third-order valence-corrected chi connectivity index (χ3v) is 5.19. The van der Waals surface area contributed by atoms with E-state index in [1.807, 2.05) is 12.1 Å². The van der Waals surface area contributed by atoms with Crippen molar-refractivity contribution in [3.05, 3.63) is 106 Å². The van der Waals surface area contributed by atoms with Gasteiger partial charge in [0.05, 0.1) is 12.3 Å². The first kappa shape index (κ1) is 21.0. The lowest BCUT2D eigenvalue weighted by atomic mass is 10.0. The van der Waals surface area contributed by atoms with Gasteiger partial charge in [-0.1, -0.05) is 47.1 Å². The predicted molar refractivity (Wildman–Crippen MR) is 115 cm³/mol. The van der Waals surface area contributed by atoms with Crippen molar-refractivity contribution in [2.24, 2.45) is 5.16 Å². The summed E-state index contributed by atoms with van der Waals surface area (Å²) in [4.78, 5) is 20.3. The fraction of sp³-hybridized carbons (Fsp3) is 0.167. The van der Waals surface area contributed by atoms with Crippen LogP contribution in [0.1, 0.15) is 27.9 Å². The van der Waals surface area contributed by atoms with Gasteiger partial charge in [0.2, 0.25) is 0 Å². The molecule has 0 saturated carbocycles. The quantitative estimate of drug-likeness (QED) is 0.511. The highest BCUT2D eigenvalue weighted by Crippen LogP contribution is 2.21. The number of rotatable bonds is 6. The molecule has 3 aromatic rings. The molecule has 1 aliphatic heterocycles. The lowest BCUT2D eigenvalue weighted by Gasteiger charge is -2.25. The molecule has 0 bridgehead atoms. The molecular weight excluding hydrogens is 422 g/mol. The van der Waals surface area contributed by atoms with E-state index in [-0.39, 0.29) is 36.5 Å². The molecule has 4 rings (SSSR count). The SMILES string of the molecule is O=C(c1cccc(F)c1)N(Cc1cccc(Cl)c1)C[C@@H]1CC(c2ccc(F)cc2)=NO1. The molecule has 0 radical (unpaired) electrons. The second-order valence-electron chi connectivity index (χ2n) is 7.30. The van der Waals surface area contributed by atoms with Crippen molar-refractivity contribution in [2.45, 2.75) is 19.1 Å². The first-order valence-electron chi connectivity index (χ1n) is 9.76. The summed E-state index contributed by atoms with van der Waals surface area (Å²) in [5, 5.41) is 4.68. The maximum Gasteiger partial charge on any atom is 0.254 e. The molecule has 7 heteroatoms. The van der Waals surface area contributed by atoms with E-state index < -0.39 is 5.82 Å². The molecule has 0 saturated heterocycles. The van der Waals surface area contributed by atoms with Crippen LogP contribution < -0.4 is 0 Å². The Labute approximate surface area is 183 Å². The molecule has 3 aromatic carbocycles. The van der Waals surface area contributed by atoms with Crippen molar-refractivity contribution in [1.29, 1.82) is 0 Å². The minimum Gasteiger partial charge on any atom is -0.390 e. The van der Waals surface area contributed by atoms with E-state index >= 15 is 0 Å². The summed E-state index contributed by atoms with van der Waals surface area (Å²) in [7, 11) is 0. The monoisotopic (exact) mass is 440 g/mol. The lowest BCUT2D eigenvalue weighted by molar-refractivity contribution is 0.0405. The van der Waals surface area contributed by atoms with Gasteiger partial charge in [0, 0.05) is 23.6 Å². The zero-order valence-electron chi connectivity index (χ0n) is 16.5. The molecular formula is C24H19ClF2N2O2. The van der Waals surface area contributed by atoms with E-state index in [4.69, 9.17) is 16.4 Å². The number of oxime groups is 1. The van der Waals surface area contributed by atoms with Gasteiger partial charge in [-0.15, -0.1) is 0 Å². The Hall–Kier alpha value is -3.25. The van der Waals surface area contributed by atoms with E-state index in [9.17, 15) is 13.6 Å². The van der Waals surface area contributed by atoms with Crippen LogP contribution in [0.5, 0.6) is 0 Å². The van der Waals surface area contributed by atoms with Crippen molar-refractivity contribution in [3.8, 4) is 0 Å². The van der Waals surface area contributed by atoms with Crippen molar-refractivity contribution < 1.29 is 18.4 Å². The van der Waals surface area contributed by atoms with E-state index in [1.54, 1.807) is 35.2 Å². The van der Waals surface area contributed by atoms with Crippen LogP contribution in [0.2, 0.25) is 5.02 Å². The third-order valence-electron chi connectivity index (χ3n) is 4.96. The third kappa shape index (κ3) is 5.27. The molecule has 4 nitrogen and oxygen atoms in total. The van der Waals surface area contributed by atoms with Gasteiger partial charge in [0.15, 0.2) is 6.10 Å². The number of amides is 1. The highest BCUT2D eigenvalue weighted by molar-refractivity contribution is 6.30. The molecule has 0 aromatic heterocycles. The standard InChI is InChI=1S/C24H19ClF2N2O2/c25-19-5-1-3-16(11-19)14-29(24(30)18-4-2-6-21(27)12-18)15-22-13-23(28-31-22)17-7-9-20(26)10-8-17/h1-12,22H,13-15H2/t22-/m0/s1. The first-order chi connectivity index (χ1) is 15.0. The predicted octanol–water partition coefficient (Wildman–Crippen LogP) is 5.45. The minimum absolute atomic E-state index is 0.246. The summed E-state index contributed by atoms with van der Waals surface area (Å²) in [5.74, 6) is -1.13. The molecule has 0 N–H and O–H groups in total. The maximum absolute atomic E-state index is 13.7. The second kappa shape index (κ2) is 9.27. The molecule has 0 unspecified atom stereocenters. The van der Waals surface area contributed by atoms with Crippen LogP contribution >= 0.6 is 11.6 Å². The van der Waals surface area contributed by atoms with Crippen molar-refractivity contribution >= 4 is 23.2 Å². The van der Waals surface area contributed by atoms with Crippen LogP contribution in [-0.4, -0.2) is 29.2 Å². The molecule has 1 atom stereocenters. The van der Waals surface area contributed by atoms with Gasteiger partial charge in [-0.25, -0.2) is 8.78 Å². The summed E-state index contributed by atoms with van der Waals surface area (Å²) in [6, 6.07) is 18.8. The number of hydrogen-bond donors (Lipinski definition) is 0. The number of carbonyl (C=O) groups is 1. The lowest BCUT2D eigenvalue weighted by Crippen LogP contribution is -2.37. The van der Waals surface area contributed by atoms with Gasteiger partial charge < -0.3 is 9.74 Å². The van der Waals surface area contributed by atoms with Crippen LogP contribution in [0.4, 0.5) is 8.78 Å². The van der Waals surface area contributed by atoms with Crippen molar-refractivity contribution in [1.82, 2.24) is 4.90 Å². The van der Waals surface area contributed by atoms with Gasteiger partial charge in [0.25, 0.3) is 5.91 Å². The highest BCUT2D eigenvalue weighted by Gasteiger charge is 2.27. The number of nitrogens with zero attached hydrogens (tertiary/aromatic N) is 2. The zero-order chi connectivity index (χ0) is 21.8. The van der Waals surface area contributed by atoms with Crippen molar-refractivity contribution in [2.75, 3.05) is 6.54 Å². The molecule has 31 heavy (non-hydrogen) atoms. The topological polar surface area (TPSA) is 41.9 Å². The molecule has 0 fully saturated rings. The van der Waals surface area contributed by atoms with Gasteiger partial charge >= 0.3 is 0 Å². The van der Waals surface area contributed by atoms with E-state index in [2.05, 4.69) is 5.16 Å². The summed E-state index contributed by atoms with van der Waals surface area (Å²) in [6.45, 7) is 0.525. The van der Waals surface area contributed by atoms with E-state index in [0.717, 1.165) is 11.1 Å². The van der Waals surface area contributed by atoms with Crippen LogP contribution in [0, 0.1) is 11.6 Å². The van der Waals surface area contributed by atoms with E-state index in [0.29, 0.717) is 17.2 Å². The van der Waals surface area contributed by atoms with Crippen LogP contribution in [0.15, 0.2) is 78.0 Å². The molecule has 1 heterocycles.